The van der Waals surface area contributed by atoms with E-state index in [0.29, 0.717) is 5.82 Å². The summed E-state index contributed by atoms with van der Waals surface area (Å²) in [6.45, 7) is 4.04. The summed E-state index contributed by atoms with van der Waals surface area (Å²) in [5.74, 6) is 0.0899. The molecule has 0 radical (unpaired) electrons. The van der Waals surface area contributed by atoms with Crippen LogP contribution in [0.15, 0.2) is 30.6 Å². The second-order valence-corrected chi connectivity index (χ2v) is 4.22. The maximum Gasteiger partial charge on any atom is 0.358 e. The van der Waals surface area contributed by atoms with Gasteiger partial charge in [0.15, 0.2) is 5.69 Å². The van der Waals surface area contributed by atoms with Crippen molar-refractivity contribution in [1.29, 1.82) is 0 Å². The molecule has 0 saturated heterocycles. The topological polar surface area (TPSA) is 64.1 Å². The van der Waals surface area contributed by atoms with Crippen molar-refractivity contribution in [2.75, 3.05) is 12.4 Å². The summed E-state index contributed by atoms with van der Waals surface area (Å²) < 4.78 is 4.57. The molecule has 5 heteroatoms. The molecule has 0 atom stereocenters. The molecular weight excluding hydrogens is 242 g/mol. The van der Waals surface area contributed by atoms with Crippen LogP contribution >= 0.6 is 0 Å². The highest BCUT2D eigenvalue weighted by Crippen LogP contribution is 2.20. The summed E-state index contributed by atoms with van der Waals surface area (Å²) in [4.78, 5) is 19.4. The summed E-state index contributed by atoms with van der Waals surface area (Å²) in [6.07, 6.45) is 2.90. The molecule has 0 aliphatic carbocycles. The maximum absolute atomic E-state index is 11.2. The average molecular weight is 257 g/mol. The molecule has 0 amide bonds. The third-order valence-corrected chi connectivity index (χ3v) is 2.70. The van der Waals surface area contributed by atoms with Gasteiger partial charge >= 0.3 is 5.97 Å². The molecule has 1 heterocycles. The van der Waals surface area contributed by atoms with Gasteiger partial charge in [-0.2, -0.15) is 0 Å². The second kappa shape index (κ2) is 5.48. The lowest BCUT2D eigenvalue weighted by atomic mass is 10.1. The quantitative estimate of drug-likeness (QED) is 0.856. The van der Waals surface area contributed by atoms with Crippen LogP contribution in [0, 0.1) is 13.8 Å². The fraction of sp³-hybridized carbons (Fsp3) is 0.214. The molecule has 0 spiro atoms. The minimum atomic E-state index is -0.495. The highest BCUT2D eigenvalue weighted by molar-refractivity contribution is 5.86. The van der Waals surface area contributed by atoms with E-state index in [4.69, 9.17) is 0 Å². The number of carbonyl (C=O) groups excluding carboxylic acids is 1. The molecule has 2 aromatic rings. The Morgan fingerprint density at radius 3 is 2.63 bits per heavy atom. The van der Waals surface area contributed by atoms with Crippen molar-refractivity contribution in [1.82, 2.24) is 9.97 Å². The van der Waals surface area contributed by atoms with Crippen molar-refractivity contribution in [3.63, 3.8) is 0 Å². The van der Waals surface area contributed by atoms with Crippen molar-refractivity contribution in [3.8, 4) is 0 Å². The van der Waals surface area contributed by atoms with Crippen LogP contribution in [0.25, 0.3) is 0 Å². The molecule has 2 rings (SSSR count). The van der Waals surface area contributed by atoms with E-state index in [-0.39, 0.29) is 5.69 Å². The molecule has 0 aliphatic heterocycles. The zero-order valence-electron chi connectivity index (χ0n) is 11.1. The zero-order chi connectivity index (χ0) is 13.8. The van der Waals surface area contributed by atoms with Crippen LogP contribution < -0.4 is 5.32 Å². The number of hydrogen-bond donors (Lipinski definition) is 1. The Labute approximate surface area is 111 Å². The van der Waals surface area contributed by atoms with Gasteiger partial charge < -0.3 is 10.1 Å². The van der Waals surface area contributed by atoms with Crippen LogP contribution in [-0.4, -0.2) is 23.0 Å². The van der Waals surface area contributed by atoms with Gasteiger partial charge in [0.25, 0.3) is 0 Å². The Morgan fingerprint density at radius 1 is 1.21 bits per heavy atom. The van der Waals surface area contributed by atoms with Gasteiger partial charge in [0.2, 0.25) is 0 Å². The van der Waals surface area contributed by atoms with E-state index in [1.165, 1.54) is 19.5 Å². The van der Waals surface area contributed by atoms with E-state index in [1.54, 1.807) is 0 Å². The second-order valence-electron chi connectivity index (χ2n) is 4.22. The Balaban J connectivity index is 2.19. The number of nitrogens with zero attached hydrogens (tertiary/aromatic N) is 2. The number of hydrogen-bond acceptors (Lipinski definition) is 5. The zero-order valence-corrected chi connectivity index (χ0v) is 11.1. The monoisotopic (exact) mass is 257 g/mol. The van der Waals surface area contributed by atoms with Crippen molar-refractivity contribution in [2.24, 2.45) is 0 Å². The van der Waals surface area contributed by atoms with Crippen molar-refractivity contribution in [3.05, 3.63) is 47.4 Å². The predicted molar refractivity (Wildman–Crippen MR) is 72.6 cm³/mol. The molecule has 1 aromatic carbocycles. The molecule has 0 fully saturated rings. The van der Waals surface area contributed by atoms with E-state index < -0.39 is 5.97 Å². The first-order valence-corrected chi connectivity index (χ1v) is 5.85. The summed E-state index contributed by atoms with van der Waals surface area (Å²) in [5, 5.41) is 3.17. The normalized spacial score (nSPS) is 10.1. The average Bonchev–Trinajstić information content (AvgIpc) is 2.43. The van der Waals surface area contributed by atoms with Crippen LogP contribution in [0.4, 0.5) is 11.5 Å². The highest BCUT2D eigenvalue weighted by atomic mass is 16.5. The van der Waals surface area contributed by atoms with Gasteiger partial charge in [-0.25, -0.2) is 14.8 Å². The van der Waals surface area contributed by atoms with E-state index in [2.05, 4.69) is 20.0 Å². The number of esters is 1. The largest absolute Gasteiger partial charge is 0.464 e. The van der Waals surface area contributed by atoms with Gasteiger partial charge in [0.1, 0.15) is 5.82 Å². The third-order valence-electron chi connectivity index (χ3n) is 2.70. The first-order chi connectivity index (χ1) is 9.10. The standard InChI is InChI=1S/C14H15N3O2/c1-9-4-5-10(2)11(6-9)17-13-8-15-12(7-16-13)14(18)19-3/h4-8H,1-3H3,(H,16,17). The number of rotatable bonds is 3. The van der Waals surface area contributed by atoms with Crippen LogP contribution in [-0.2, 0) is 4.74 Å². The highest BCUT2D eigenvalue weighted by Gasteiger charge is 2.07. The fourth-order valence-electron chi connectivity index (χ4n) is 1.61. The number of anilines is 2. The van der Waals surface area contributed by atoms with Crippen LogP contribution in [0.5, 0.6) is 0 Å². The predicted octanol–water partition coefficient (Wildman–Crippen LogP) is 2.62. The van der Waals surface area contributed by atoms with Gasteiger partial charge in [-0.05, 0) is 31.0 Å². The molecule has 5 nitrogen and oxygen atoms in total. The van der Waals surface area contributed by atoms with Gasteiger partial charge in [0, 0.05) is 5.69 Å². The first-order valence-electron chi connectivity index (χ1n) is 5.85. The van der Waals surface area contributed by atoms with E-state index >= 15 is 0 Å². The smallest absolute Gasteiger partial charge is 0.358 e. The lowest BCUT2D eigenvalue weighted by molar-refractivity contribution is 0.0593. The minimum absolute atomic E-state index is 0.189. The van der Waals surface area contributed by atoms with Crippen LogP contribution in [0.1, 0.15) is 21.6 Å². The number of carbonyl (C=O) groups is 1. The molecular formula is C14H15N3O2. The van der Waals surface area contributed by atoms with E-state index in [9.17, 15) is 4.79 Å². The minimum Gasteiger partial charge on any atom is -0.464 e. The Morgan fingerprint density at radius 2 is 2.00 bits per heavy atom. The molecule has 0 aliphatic rings. The third kappa shape index (κ3) is 3.07. The first kappa shape index (κ1) is 13.0. The molecule has 19 heavy (non-hydrogen) atoms. The summed E-state index contributed by atoms with van der Waals surface area (Å²) in [7, 11) is 1.31. The van der Waals surface area contributed by atoms with Gasteiger partial charge in [-0.15, -0.1) is 0 Å². The number of aromatic nitrogens is 2. The van der Waals surface area contributed by atoms with Gasteiger partial charge in [0.05, 0.1) is 19.5 Å². The van der Waals surface area contributed by atoms with E-state index in [1.807, 2.05) is 32.0 Å². The Bertz CT molecular complexity index is 594. The number of benzene rings is 1. The van der Waals surface area contributed by atoms with E-state index in [0.717, 1.165) is 16.8 Å². The van der Waals surface area contributed by atoms with Gasteiger partial charge in [-0.3, -0.25) is 0 Å². The van der Waals surface area contributed by atoms with Crippen LogP contribution in [0.3, 0.4) is 0 Å². The lowest BCUT2D eigenvalue weighted by Gasteiger charge is -2.09. The van der Waals surface area contributed by atoms with Crippen LogP contribution in [0.2, 0.25) is 0 Å². The fourth-order valence-corrected chi connectivity index (χ4v) is 1.61. The van der Waals surface area contributed by atoms with Crippen molar-refractivity contribution < 1.29 is 9.53 Å². The SMILES string of the molecule is COC(=O)c1cnc(Nc2cc(C)ccc2C)cn1. The Hall–Kier alpha value is -2.43. The summed E-state index contributed by atoms with van der Waals surface area (Å²) in [6, 6.07) is 6.12. The number of aryl methyl sites for hydroxylation is 2. The number of methoxy groups -OCH3 is 1. The lowest BCUT2D eigenvalue weighted by Crippen LogP contribution is -2.06. The summed E-state index contributed by atoms with van der Waals surface area (Å²) >= 11 is 0. The molecule has 98 valence electrons. The maximum atomic E-state index is 11.2. The Kier molecular flexibility index (Phi) is 3.75. The molecule has 1 N–H and O–H groups in total. The number of ether oxygens (including phenoxy) is 1. The van der Waals surface area contributed by atoms with Crippen molar-refractivity contribution in [2.45, 2.75) is 13.8 Å². The molecule has 0 bridgehead atoms. The van der Waals surface area contributed by atoms with Gasteiger partial charge in [-0.1, -0.05) is 12.1 Å². The van der Waals surface area contributed by atoms with Crippen molar-refractivity contribution >= 4 is 17.5 Å². The molecule has 0 saturated carbocycles. The number of nitrogens with one attached hydrogen (secondary N) is 1. The molecule has 1 aromatic heterocycles. The summed E-state index contributed by atoms with van der Waals surface area (Å²) in [5.41, 5.74) is 3.44. The molecule has 0 unspecified atom stereocenters.